The summed E-state index contributed by atoms with van der Waals surface area (Å²) in [7, 11) is 0. The Balaban J connectivity index is 2.05. The van der Waals surface area contributed by atoms with Crippen molar-refractivity contribution < 1.29 is 14.4 Å². The predicted octanol–water partition coefficient (Wildman–Crippen LogP) is 2.55. The molecule has 0 bridgehead atoms. The molecule has 0 heterocycles. The van der Waals surface area contributed by atoms with Crippen molar-refractivity contribution >= 4 is 11.4 Å². The summed E-state index contributed by atoms with van der Waals surface area (Å²) in [5.41, 5.74) is 0.0773. The maximum atomic E-state index is 13.0. The van der Waals surface area contributed by atoms with Crippen LogP contribution in [-0.4, -0.2) is 23.2 Å². The molecule has 0 radical (unpaired) electrons. The molecule has 1 aromatic carbocycles. The molecule has 2 atom stereocenters. The third-order valence-electron chi connectivity index (χ3n) is 3.76. The molecule has 0 spiro atoms. The molecule has 0 saturated heterocycles. The summed E-state index contributed by atoms with van der Waals surface area (Å²) < 4.78 is 13.0. The average Bonchev–Trinajstić information content (AvgIpc) is 2.84. The average molecular weight is 268 g/mol. The Morgan fingerprint density at radius 1 is 1.42 bits per heavy atom. The van der Waals surface area contributed by atoms with Crippen LogP contribution in [0, 0.1) is 27.8 Å². The van der Waals surface area contributed by atoms with Gasteiger partial charge in [0.2, 0.25) is 0 Å². The van der Waals surface area contributed by atoms with Gasteiger partial charge in [0.1, 0.15) is 11.5 Å². The minimum Gasteiger partial charge on any atom is -0.396 e. The van der Waals surface area contributed by atoms with Gasteiger partial charge in [-0.3, -0.25) is 10.1 Å². The number of hydrogen-bond donors (Lipinski definition) is 2. The van der Waals surface area contributed by atoms with E-state index in [1.807, 2.05) is 0 Å². The van der Waals surface area contributed by atoms with Crippen molar-refractivity contribution in [2.75, 3.05) is 18.5 Å². The third kappa shape index (κ3) is 3.20. The van der Waals surface area contributed by atoms with Crippen LogP contribution >= 0.6 is 0 Å². The summed E-state index contributed by atoms with van der Waals surface area (Å²) in [6.45, 7) is 0.718. The molecule has 0 aliphatic heterocycles. The van der Waals surface area contributed by atoms with Gasteiger partial charge in [0.05, 0.1) is 11.0 Å². The Bertz CT molecular complexity index is 467. The molecule has 2 unspecified atom stereocenters. The number of halogens is 1. The molecule has 5 nitrogen and oxygen atoms in total. The molecule has 1 fully saturated rings. The minimum absolute atomic E-state index is 0.151. The molecule has 104 valence electrons. The number of nitro benzene ring substituents is 1. The fraction of sp³-hybridized carbons (Fsp3) is 0.538. The molecule has 1 aliphatic rings. The summed E-state index contributed by atoms with van der Waals surface area (Å²) in [6.07, 6.45) is 3.07. The van der Waals surface area contributed by atoms with Crippen LogP contribution in [0.3, 0.4) is 0 Å². The fourth-order valence-corrected chi connectivity index (χ4v) is 2.67. The number of benzene rings is 1. The van der Waals surface area contributed by atoms with Crippen molar-refractivity contribution in [1.29, 1.82) is 0 Å². The number of nitrogens with one attached hydrogen (secondary N) is 1. The van der Waals surface area contributed by atoms with E-state index in [1.165, 1.54) is 12.1 Å². The van der Waals surface area contributed by atoms with Crippen molar-refractivity contribution in [3.63, 3.8) is 0 Å². The van der Waals surface area contributed by atoms with Crippen LogP contribution in [0.5, 0.6) is 0 Å². The summed E-state index contributed by atoms with van der Waals surface area (Å²) in [4.78, 5) is 10.3. The van der Waals surface area contributed by atoms with E-state index >= 15 is 0 Å². The molecule has 6 heteroatoms. The molecule has 2 N–H and O–H groups in total. The van der Waals surface area contributed by atoms with Gasteiger partial charge in [-0.05, 0) is 36.8 Å². The molecule has 19 heavy (non-hydrogen) atoms. The zero-order chi connectivity index (χ0) is 13.8. The standard InChI is InChI=1S/C13H17FN2O3/c14-11-4-5-12(13(6-11)16(18)19)15-7-9-2-1-3-10(9)8-17/h4-6,9-10,15,17H,1-3,7-8H2. The first-order chi connectivity index (χ1) is 9.11. The fourth-order valence-electron chi connectivity index (χ4n) is 2.67. The SMILES string of the molecule is O=[N+]([O-])c1cc(F)ccc1NCC1CCCC1CO. The summed E-state index contributed by atoms with van der Waals surface area (Å²) in [5.74, 6) is -0.0481. The second-order valence-electron chi connectivity index (χ2n) is 4.93. The maximum Gasteiger partial charge on any atom is 0.295 e. The van der Waals surface area contributed by atoms with Gasteiger partial charge in [0, 0.05) is 13.2 Å². The van der Waals surface area contributed by atoms with Crippen molar-refractivity contribution in [1.82, 2.24) is 0 Å². The van der Waals surface area contributed by atoms with Crippen LogP contribution in [0.25, 0.3) is 0 Å². The van der Waals surface area contributed by atoms with E-state index < -0.39 is 10.7 Å². The van der Waals surface area contributed by atoms with Crippen LogP contribution < -0.4 is 5.32 Å². The van der Waals surface area contributed by atoms with Crippen molar-refractivity contribution in [2.24, 2.45) is 11.8 Å². The lowest BCUT2D eigenvalue weighted by Crippen LogP contribution is -2.21. The van der Waals surface area contributed by atoms with Gasteiger partial charge in [0.25, 0.3) is 5.69 Å². The van der Waals surface area contributed by atoms with E-state index in [1.54, 1.807) is 0 Å². The van der Waals surface area contributed by atoms with Crippen molar-refractivity contribution in [3.05, 3.63) is 34.1 Å². The van der Waals surface area contributed by atoms with E-state index in [2.05, 4.69) is 5.32 Å². The lowest BCUT2D eigenvalue weighted by atomic mass is 9.97. The quantitative estimate of drug-likeness (QED) is 0.635. The smallest absolute Gasteiger partial charge is 0.295 e. The molecule has 0 aromatic heterocycles. The first-order valence-corrected chi connectivity index (χ1v) is 6.40. The minimum atomic E-state index is -0.619. The highest BCUT2D eigenvalue weighted by Gasteiger charge is 2.27. The number of nitro groups is 1. The Kier molecular flexibility index (Phi) is 4.31. The number of aliphatic hydroxyl groups excluding tert-OH is 1. The Hall–Kier alpha value is -1.69. The molecule has 1 saturated carbocycles. The van der Waals surface area contributed by atoms with Gasteiger partial charge in [-0.2, -0.15) is 0 Å². The number of nitrogens with zero attached hydrogens (tertiary/aromatic N) is 1. The van der Waals surface area contributed by atoms with Gasteiger partial charge in [-0.25, -0.2) is 4.39 Å². The Morgan fingerprint density at radius 3 is 2.84 bits per heavy atom. The monoisotopic (exact) mass is 268 g/mol. The molecule has 1 aliphatic carbocycles. The largest absolute Gasteiger partial charge is 0.396 e. The summed E-state index contributed by atoms with van der Waals surface area (Å²) in [6, 6.07) is 3.50. The highest BCUT2D eigenvalue weighted by atomic mass is 19.1. The number of rotatable bonds is 5. The lowest BCUT2D eigenvalue weighted by molar-refractivity contribution is -0.384. The number of hydrogen-bond acceptors (Lipinski definition) is 4. The van der Waals surface area contributed by atoms with Gasteiger partial charge in [-0.15, -0.1) is 0 Å². The van der Waals surface area contributed by atoms with Gasteiger partial charge in [-0.1, -0.05) is 6.42 Å². The lowest BCUT2D eigenvalue weighted by Gasteiger charge is -2.18. The maximum absolute atomic E-state index is 13.0. The molecule has 2 rings (SSSR count). The van der Waals surface area contributed by atoms with E-state index in [9.17, 15) is 19.6 Å². The molecule has 0 amide bonds. The van der Waals surface area contributed by atoms with E-state index in [0.717, 1.165) is 25.3 Å². The van der Waals surface area contributed by atoms with Crippen LogP contribution in [-0.2, 0) is 0 Å². The van der Waals surface area contributed by atoms with Crippen LogP contribution in [0.15, 0.2) is 18.2 Å². The number of aliphatic hydroxyl groups is 1. The van der Waals surface area contributed by atoms with Gasteiger partial charge >= 0.3 is 0 Å². The molecule has 1 aromatic rings. The van der Waals surface area contributed by atoms with Crippen molar-refractivity contribution in [2.45, 2.75) is 19.3 Å². The van der Waals surface area contributed by atoms with Crippen LogP contribution in [0.2, 0.25) is 0 Å². The molecular weight excluding hydrogens is 251 g/mol. The second kappa shape index (κ2) is 5.97. The highest BCUT2D eigenvalue weighted by molar-refractivity contribution is 5.61. The third-order valence-corrected chi connectivity index (χ3v) is 3.76. The van der Waals surface area contributed by atoms with Gasteiger partial charge in [0.15, 0.2) is 0 Å². The predicted molar refractivity (Wildman–Crippen MR) is 69.5 cm³/mol. The first-order valence-electron chi connectivity index (χ1n) is 6.40. The highest BCUT2D eigenvalue weighted by Crippen LogP contribution is 2.32. The summed E-state index contributed by atoms with van der Waals surface area (Å²) >= 11 is 0. The van der Waals surface area contributed by atoms with Crippen molar-refractivity contribution in [3.8, 4) is 0 Å². The van der Waals surface area contributed by atoms with E-state index in [0.29, 0.717) is 18.2 Å². The topological polar surface area (TPSA) is 75.4 Å². The zero-order valence-electron chi connectivity index (χ0n) is 10.5. The summed E-state index contributed by atoms with van der Waals surface area (Å²) in [5, 5.41) is 23.1. The molecular formula is C13H17FN2O3. The Labute approximate surface area is 110 Å². The van der Waals surface area contributed by atoms with E-state index in [4.69, 9.17) is 0 Å². The first kappa shape index (κ1) is 13.7. The Morgan fingerprint density at radius 2 is 2.16 bits per heavy atom. The van der Waals surface area contributed by atoms with E-state index in [-0.39, 0.29) is 18.2 Å². The number of anilines is 1. The normalized spacial score (nSPS) is 22.4. The second-order valence-corrected chi connectivity index (χ2v) is 4.93. The van der Waals surface area contributed by atoms with Gasteiger partial charge < -0.3 is 10.4 Å². The van der Waals surface area contributed by atoms with Crippen LogP contribution in [0.1, 0.15) is 19.3 Å². The van der Waals surface area contributed by atoms with Crippen LogP contribution in [0.4, 0.5) is 15.8 Å². The zero-order valence-corrected chi connectivity index (χ0v) is 10.5.